The minimum Gasteiger partial charge on any atom is -0.406 e. The predicted octanol–water partition coefficient (Wildman–Crippen LogP) is 5.45. The van der Waals surface area contributed by atoms with Crippen molar-refractivity contribution in [2.45, 2.75) is 57.7 Å². The van der Waals surface area contributed by atoms with Gasteiger partial charge >= 0.3 is 6.36 Å². The van der Waals surface area contributed by atoms with Crippen LogP contribution in [0.25, 0.3) is 0 Å². The summed E-state index contributed by atoms with van der Waals surface area (Å²) in [4.78, 5) is 0. The molecular formula is C16H22F3NO. The average Bonchev–Trinajstić information content (AvgIpc) is 2.79. The van der Waals surface area contributed by atoms with Crippen LogP contribution in [0.15, 0.2) is 18.2 Å². The lowest BCUT2D eigenvalue weighted by atomic mass is 9.94. The number of anilines is 1. The van der Waals surface area contributed by atoms with Crippen molar-refractivity contribution in [3.63, 3.8) is 0 Å². The van der Waals surface area contributed by atoms with Gasteiger partial charge in [-0.25, -0.2) is 0 Å². The van der Waals surface area contributed by atoms with Crippen molar-refractivity contribution >= 4 is 5.69 Å². The van der Waals surface area contributed by atoms with E-state index >= 15 is 0 Å². The van der Waals surface area contributed by atoms with E-state index in [1.54, 1.807) is 6.07 Å². The van der Waals surface area contributed by atoms with Gasteiger partial charge in [-0.05, 0) is 30.2 Å². The second-order valence-electron chi connectivity index (χ2n) is 5.58. The normalized spacial score (nSPS) is 17.4. The fourth-order valence-corrected chi connectivity index (χ4v) is 2.83. The van der Waals surface area contributed by atoms with Crippen LogP contribution < -0.4 is 10.1 Å². The standard InChI is InChI=1S/C16H22F3NO/c1-2-3-4-5-6-7-12-11-20-15-9-8-13(10-14(12)15)21-16(17,18)19/h8-10,12,20H,2-7,11H2,1H3. The first-order valence-electron chi connectivity index (χ1n) is 7.63. The fourth-order valence-electron chi connectivity index (χ4n) is 2.83. The highest BCUT2D eigenvalue weighted by atomic mass is 19.4. The minimum absolute atomic E-state index is 0.124. The molecule has 1 unspecified atom stereocenters. The van der Waals surface area contributed by atoms with Gasteiger partial charge in [0, 0.05) is 18.2 Å². The predicted molar refractivity (Wildman–Crippen MR) is 77.7 cm³/mol. The van der Waals surface area contributed by atoms with Gasteiger partial charge in [-0.15, -0.1) is 13.2 Å². The van der Waals surface area contributed by atoms with Gasteiger partial charge in [0.15, 0.2) is 0 Å². The molecule has 0 saturated heterocycles. The van der Waals surface area contributed by atoms with Gasteiger partial charge in [0.05, 0.1) is 0 Å². The number of unbranched alkanes of at least 4 members (excludes halogenated alkanes) is 4. The monoisotopic (exact) mass is 301 g/mol. The molecule has 118 valence electrons. The van der Waals surface area contributed by atoms with Crippen LogP contribution in [0.1, 0.15) is 56.9 Å². The maximum atomic E-state index is 12.3. The third kappa shape index (κ3) is 4.83. The number of fused-ring (bicyclic) bond motifs is 1. The number of benzene rings is 1. The topological polar surface area (TPSA) is 21.3 Å². The largest absolute Gasteiger partial charge is 0.573 e. The molecule has 2 rings (SSSR count). The molecule has 1 N–H and O–H groups in total. The first-order valence-corrected chi connectivity index (χ1v) is 7.63. The van der Waals surface area contributed by atoms with Crippen LogP contribution in [0.4, 0.5) is 18.9 Å². The van der Waals surface area contributed by atoms with E-state index in [1.807, 2.05) is 0 Å². The summed E-state index contributed by atoms with van der Waals surface area (Å²) in [5, 5.41) is 3.26. The highest BCUT2D eigenvalue weighted by Gasteiger charge is 2.32. The lowest BCUT2D eigenvalue weighted by molar-refractivity contribution is -0.274. The molecule has 0 aromatic heterocycles. The Labute approximate surface area is 123 Å². The maximum absolute atomic E-state index is 12.3. The van der Waals surface area contributed by atoms with E-state index in [4.69, 9.17) is 0 Å². The van der Waals surface area contributed by atoms with Crippen LogP contribution in [0.3, 0.4) is 0 Å². The van der Waals surface area contributed by atoms with Gasteiger partial charge in [-0.1, -0.05) is 39.0 Å². The second-order valence-corrected chi connectivity index (χ2v) is 5.58. The van der Waals surface area contributed by atoms with E-state index in [2.05, 4.69) is 17.0 Å². The van der Waals surface area contributed by atoms with Crippen molar-refractivity contribution in [3.8, 4) is 5.75 Å². The molecule has 21 heavy (non-hydrogen) atoms. The Morgan fingerprint density at radius 1 is 1.19 bits per heavy atom. The molecule has 0 amide bonds. The van der Waals surface area contributed by atoms with Gasteiger partial charge in [-0.3, -0.25) is 0 Å². The third-order valence-electron chi connectivity index (χ3n) is 3.89. The zero-order valence-corrected chi connectivity index (χ0v) is 12.3. The van der Waals surface area contributed by atoms with Gasteiger partial charge in [-0.2, -0.15) is 0 Å². The Morgan fingerprint density at radius 3 is 2.67 bits per heavy atom. The van der Waals surface area contributed by atoms with Crippen LogP contribution in [0.5, 0.6) is 5.75 Å². The molecular weight excluding hydrogens is 279 g/mol. The summed E-state index contributed by atoms with van der Waals surface area (Å²) in [5.41, 5.74) is 1.88. The number of hydrogen-bond acceptors (Lipinski definition) is 2. The highest BCUT2D eigenvalue weighted by Crippen LogP contribution is 2.38. The van der Waals surface area contributed by atoms with Crippen LogP contribution in [-0.4, -0.2) is 12.9 Å². The van der Waals surface area contributed by atoms with Crippen molar-refractivity contribution in [2.24, 2.45) is 0 Å². The number of alkyl halides is 3. The molecule has 0 aliphatic carbocycles. The zero-order valence-electron chi connectivity index (χ0n) is 12.3. The summed E-state index contributed by atoms with van der Waals surface area (Å²) in [6, 6.07) is 4.57. The maximum Gasteiger partial charge on any atom is 0.573 e. The summed E-state index contributed by atoms with van der Waals surface area (Å²) in [7, 11) is 0. The molecule has 1 atom stereocenters. The van der Waals surface area contributed by atoms with Crippen LogP contribution in [0, 0.1) is 0 Å². The van der Waals surface area contributed by atoms with E-state index in [9.17, 15) is 13.2 Å². The van der Waals surface area contributed by atoms with Gasteiger partial charge in [0.2, 0.25) is 0 Å². The van der Waals surface area contributed by atoms with E-state index in [1.165, 1.54) is 37.8 Å². The summed E-state index contributed by atoms with van der Waals surface area (Å²) in [6.45, 7) is 2.98. The molecule has 1 aliphatic rings. The van der Waals surface area contributed by atoms with Gasteiger partial charge in [0.25, 0.3) is 0 Å². The summed E-state index contributed by atoms with van der Waals surface area (Å²) in [6.07, 6.45) is 2.40. The SMILES string of the molecule is CCCCCCCC1CNc2ccc(OC(F)(F)F)cc21. The van der Waals surface area contributed by atoms with E-state index in [0.29, 0.717) is 5.92 Å². The van der Waals surface area contributed by atoms with Crippen molar-refractivity contribution < 1.29 is 17.9 Å². The third-order valence-corrected chi connectivity index (χ3v) is 3.89. The van der Waals surface area contributed by atoms with Gasteiger partial charge in [0.1, 0.15) is 5.75 Å². The molecule has 0 saturated carbocycles. The Morgan fingerprint density at radius 2 is 1.95 bits per heavy atom. The quantitative estimate of drug-likeness (QED) is 0.676. The lowest BCUT2D eigenvalue weighted by Gasteiger charge is -2.13. The molecule has 0 spiro atoms. The molecule has 2 nitrogen and oxygen atoms in total. The second kappa shape index (κ2) is 7.05. The van der Waals surface area contributed by atoms with Crippen LogP contribution in [-0.2, 0) is 0 Å². The molecule has 1 aliphatic heterocycles. The number of ether oxygens (including phenoxy) is 1. The lowest BCUT2D eigenvalue weighted by Crippen LogP contribution is -2.17. The number of nitrogens with one attached hydrogen (secondary N) is 1. The first-order chi connectivity index (χ1) is 9.99. The smallest absolute Gasteiger partial charge is 0.406 e. The Hall–Kier alpha value is -1.39. The zero-order chi connectivity index (χ0) is 15.3. The average molecular weight is 301 g/mol. The summed E-state index contributed by atoms with van der Waals surface area (Å²) >= 11 is 0. The van der Waals surface area contributed by atoms with Crippen molar-refractivity contribution in [3.05, 3.63) is 23.8 Å². The van der Waals surface area contributed by atoms with Crippen molar-refractivity contribution in [1.29, 1.82) is 0 Å². The van der Waals surface area contributed by atoms with Crippen LogP contribution >= 0.6 is 0 Å². The van der Waals surface area contributed by atoms with E-state index in [0.717, 1.165) is 30.6 Å². The molecule has 1 aromatic carbocycles. The Balaban J connectivity index is 1.93. The summed E-state index contributed by atoms with van der Waals surface area (Å²) < 4.78 is 40.8. The number of hydrogen-bond donors (Lipinski definition) is 1. The first kappa shape index (κ1) is 16.0. The Kier molecular flexibility index (Phi) is 5.37. The summed E-state index contributed by atoms with van der Waals surface area (Å²) in [5.74, 6) is 0.166. The molecule has 0 fully saturated rings. The van der Waals surface area contributed by atoms with E-state index < -0.39 is 6.36 Å². The Bertz CT molecular complexity index is 459. The molecule has 5 heteroatoms. The highest BCUT2D eigenvalue weighted by molar-refractivity contribution is 5.60. The van der Waals surface area contributed by atoms with Gasteiger partial charge < -0.3 is 10.1 Å². The van der Waals surface area contributed by atoms with Crippen molar-refractivity contribution in [2.75, 3.05) is 11.9 Å². The number of rotatable bonds is 7. The molecule has 1 aromatic rings. The minimum atomic E-state index is -4.63. The van der Waals surface area contributed by atoms with Crippen molar-refractivity contribution in [1.82, 2.24) is 0 Å². The molecule has 0 radical (unpaired) electrons. The molecule has 0 bridgehead atoms. The molecule has 1 heterocycles. The fraction of sp³-hybridized carbons (Fsp3) is 0.625. The van der Waals surface area contributed by atoms with E-state index in [-0.39, 0.29) is 5.75 Å². The number of halogens is 3. The van der Waals surface area contributed by atoms with Crippen LogP contribution in [0.2, 0.25) is 0 Å².